The standard InChI is InChI=1S/C19H31N3O5S.C2HF3O2/c1-3-13-22(14-4-2)28(26,27)16-10-8-15(9-11-16)18(23)21-17(19(24)25)7-5-6-12-20;3-2(4,5)1(6)7/h8-11,17H,3-7,12-14,20H2,1-2H3,(H,21,23)(H,24,25);(H,6,7)/t17-;/m0./s1. The molecule has 1 atom stereocenters. The molecule has 0 aliphatic rings. The van der Waals surface area contributed by atoms with Crippen molar-refractivity contribution in [1.82, 2.24) is 9.62 Å². The van der Waals surface area contributed by atoms with Gasteiger partial charge in [-0.05, 0) is 62.9 Å². The number of amides is 1. The number of carboxylic acid groups (broad SMARTS) is 2. The maximum absolute atomic E-state index is 12.7. The van der Waals surface area contributed by atoms with E-state index in [0.717, 1.165) is 0 Å². The Hall–Kier alpha value is -2.71. The number of carbonyl (C=O) groups is 3. The molecule has 0 saturated heterocycles. The highest BCUT2D eigenvalue weighted by atomic mass is 32.2. The summed E-state index contributed by atoms with van der Waals surface area (Å²) >= 11 is 0. The number of rotatable bonds is 13. The lowest BCUT2D eigenvalue weighted by Crippen LogP contribution is -2.40. The number of aliphatic carboxylic acids is 2. The summed E-state index contributed by atoms with van der Waals surface area (Å²) in [6, 6.07) is 4.56. The summed E-state index contributed by atoms with van der Waals surface area (Å²) in [7, 11) is -3.62. The summed E-state index contributed by atoms with van der Waals surface area (Å²) in [4.78, 5) is 32.7. The normalized spacial score (nSPS) is 12.4. The number of unbranched alkanes of at least 4 members (excludes halogenated alkanes) is 1. The van der Waals surface area contributed by atoms with Crippen LogP contribution < -0.4 is 11.1 Å². The van der Waals surface area contributed by atoms with Crippen molar-refractivity contribution in [1.29, 1.82) is 0 Å². The van der Waals surface area contributed by atoms with Gasteiger partial charge in [0, 0.05) is 18.7 Å². The number of carbonyl (C=O) groups excluding carboxylic acids is 1. The summed E-state index contributed by atoms with van der Waals surface area (Å²) < 4.78 is 58.7. The zero-order chi connectivity index (χ0) is 27.2. The smallest absolute Gasteiger partial charge is 0.480 e. The fourth-order valence-electron chi connectivity index (χ4n) is 2.77. The molecule has 1 aromatic rings. The Balaban J connectivity index is 0.00000143. The Morgan fingerprint density at radius 2 is 1.51 bits per heavy atom. The fraction of sp³-hybridized carbons (Fsp3) is 0.571. The first kappa shape index (κ1) is 32.3. The molecule has 0 aliphatic heterocycles. The summed E-state index contributed by atoms with van der Waals surface area (Å²) in [5, 5.41) is 18.8. The maximum atomic E-state index is 12.7. The third-order valence-electron chi connectivity index (χ3n) is 4.49. The Kier molecular flexibility index (Phi) is 14.1. The SMILES string of the molecule is CCCN(CCC)S(=O)(=O)c1ccc(C(=O)N[C@@H](CCCCN)C(=O)O)cc1.O=C(O)C(F)(F)F. The third kappa shape index (κ3) is 11.5. The van der Waals surface area contributed by atoms with Crippen LogP contribution in [0, 0.1) is 0 Å². The van der Waals surface area contributed by atoms with Crippen LogP contribution >= 0.6 is 0 Å². The third-order valence-corrected chi connectivity index (χ3v) is 6.41. The average Bonchev–Trinajstić information content (AvgIpc) is 2.78. The van der Waals surface area contributed by atoms with Gasteiger partial charge in [0.05, 0.1) is 4.90 Å². The minimum atomic E-state index is -5.08. The summed E-state index contributed by atoms with van der Waals surface area (Å²) in [6.07, 6.45) is -2.11. The number of nitrogens with zero attached hydrogens (tertiary/aromatic N) is 1. The molecule has 0 unspecified atom stereocenters. The minimum absolute atomic E-state index is 0.115. The van der Waals surface area contributed by atoms with Crippen LogP contribution in [0.2, 0.25) is 0 Å². The van der Waals surface area contributed by atoms with E-state index in [1.54, 1.807) is 0 Å². The molecule has 0 spiro atoms. The molecule has 0 aliphatic carbocycles. The van der Waals surface area contributed by atoms with E-state index in [1.807, 2.05) is 13.8 Å². The summed E-state index contributed by atoms with van der Waals surface area (Å²) in [5.74, 6) is -4.42. The van der Waals surface area contributed by atoms with Gasteiger partial charge in [0.15, 0.2) is 0 Å². The van der Waals surface area contributed by atoms with E-state index in [2.05, 4.69) is 5.32 Å². The van der Waals surface area contributed by atoms with Crippen molar-refractivity contribution in [3.63, 3.8) is 0 Å². The molecule has 0 radical (unpaired) electrons. The van der Waals surface area contributed by atoms with Crippen molar-refractivity contribution in [3.05, 3.63) is 29.8 Å². The van der Waals surface area contributed by atoms with E-state index in [0.29, 0.717) is 45.3 Å². The zero-order valence-corrected chi connectivity index (χ0v) is 20.4. The number of nitrogens with two attached hydrogens (primary N) is 1. The first-order valence-electron chi connectivity index (χ1n) is 10.9. The highest BCUT2D eigenvalue weighted by Crippen LogP contribution is 2.18. The van der Waals surface area contributed by atoms with Crippen LogP contribution in [0.4, 0.5) is 13.2 Å². The maximum Gasteiger partial charge on any atom is 0.490 e. The lowest BCUT2D eigenvalue weighted by Gasteiger charge is -2.21. The number of nitrogens with one attached hydrogen (secondary N) is 1. The largest absolute Gasteiger partial charge is 0.490 e. The molecule has 1 amide bonds. The van der Waals surface area contributed by atoms with Gasteiger partial charge in [-0.25, -0.2) is 18.0 Å². The average molecular weight is 528 g/mol. The molecule has 1 aromatic carbocycles. The van der Waals surface area contributed by atoms with Crippen molar-refractivity contribution in [2.24, 2.45) is 5.73 Å². The van der Waals surface area contributed by atoms with Crippen LogP contribution in [0.3, 0.4) is 0 Å². The molecule has 0 bridgehead atoms. The molecule has 0 aromatic heterocycles. The minimum Gasteiger partial charge on any atom is -0.480 e. The Labute approximate surface area is 202 Å². The number of benzene rings is 1. The predicted octanol–water partition coefficient (Wildman–Crippen LogP) is 2.44. The summed E-state index contributed by atoms with van der Waals surface area (Å²) in [6.45, 7) is 5.16. The van der Waals surface area contributed by atoms with Gasteiger partial charge in [0.2, 0.25) is 10.0 Å². The lowest BCUT2D eigenvalue weighted by molar-refractivity contribution is -0.192. The van der Waals surface area contributed by atoms with Gasteiger partial charge in [-0.1, -0.05) is 13.8 Å². The Morgan fingerprint density at radius 3 is 1.89 bits per heavy atom. The molecular formula is C21H32F3N3O7S. The quantitative estimate of drug-likeness (QED) is 0.284. The number of hydrogen-bond donors (Lipinski definition) is 4. The van der Waals surface area contributed by atoms with Crippen LogP contribution in [0.5, 0.6) is 0 Å². The molecule has 0 heterocycles. The van der Waals surface area contributed by atoms with Crippen molar-refractivity contribution in [2.45, 2.75) is 63.1 Å². The van der Waals surface area contributed by atoms with Crippen LogP contribution in [-0.2, 0) is 19.6 Å². The second kappa shape index (κ2) is 15.3. The van der Waals surface area contributed by atoms with Gasteiger partial charge in [0.1, 0.15) is 6.04 Å². The van der Waals surface area contributed by atoms with E-state index in [9.17, 15) is 36.3 Å². The van der Waals surface area contributed by atoms with Gasteiger partial charge in [0.25, 0.3) is 5.91 Å². The van der Waals surface area contributed by atoms with Gasteiger partial charge >= 0.3 is 18.1 Å². The van der Waals surface area contributed by atoms with Crippen LogP contribution in [0.1, 0.15) is 56.3 Å². The van der Waals surface area contributed by atoms with Gasteiger partial charge in [-0.3, -0.25) is 4.79 Å². The molecular weight excluding hydrogens is 495 g/mol. The molecule has 200 valence electrons. The van der Waals surface area contributed by atoms with Gasteiger partial charge in [-0.2, -0.15) is 17.5 Å². The molecule has 1 rings (SSSR count). The Bertz CT molecular complexity index is 917. The number of hydrogen-bond acceptors (Lipinski definition) is 6. The lowest BCUT2D eigenvalue weighted by atomic mass is 10.1. The molecule has 10 nitrogen and oxygen atoms in total. The first-order chi connectivity index (χ1) is 16.2. The Morgan fingerprint density at radius 1 is 1.03 bits per heavy atom. The van der Waals surface area contributed by atoms with E-state index in [1.165, 1.54) is 28.6 Å². The van der Waals surface area contributed by atoms with E-state index in [4.69, 9.17) is 15.6 Å². The van der Waals surface area contributed by atoms with Crippen molar-refractivity contribution in [2.75, 3.05) is 19.6 Å². The van der Waals surface area contributed by atoms with Crippen molar-refractivity contribution >= 4 is 27.9 Å². The molecule has 0 saturated carbocycles. The number of alkyl halides is 3. The number of sulfonamides is 1. The topological polar surface area (TPSA) is 167 Å². The second-order valence-corrected chi connectivity index (χ2v) is 9.32. The molecule has 0 fully saturated rings. The second-order valence-electron chi connectivity index (χ2n) is 7.38. The van der Waals surface area contributed by atoms with Crippen molar-refractivity contribution < 1.29 is 46.2 Å². The monoisotopic (exact) mass is 527 g/mol. The van der Waals surface area contributed by atoms with Crippen LogP contribution in [-0.4, -0.2) is 72.6 Å². The number of halogens is 3. The highest BCUT2D eigenvalue weighted by Gasteiger charge is 2.38. The highest BCUT2D eigenvalue weighted by molar-refractivity contribution is 7.89. The molecule has 14 heteroatoms. The van der Waals surface area contributed by atoms with Gasteiger partial charge in [-0.15, -0.1) is 0 Å². The van der Waals surface area contributed by atoms with E-state index in [-0.39, 0.29) is 16.9 Å². The van der Waals surface area contributed by atoms with E-state index < -0.39 is 40.1 Å². The van der Waals surface area contributed by atoms with Crippen LogP contribution in [0.25, 0.3) is 0 Å². The molecule has 5 N–H and O–H groups in total. The van der Waals surface area contributed by atoms with Crippen molar-refractivity contribution in [3.8, 4) is 0 Å². The van der Waals surface area contributed by atoms with Gasteiger partial charge < -0.3 is 21.3 Å². The predicted molar refractivity (Wildman–Crippen MR) is 121 cm³/mol. The van der Waals surface area contributed by atoms with Crippen LogP contribution in [0.15, 0.2) is 29.2 Å². The van der Waals surface area contributed by atoms with E-state index >= 15 is 0 Å². The summed E-state index contributed by atoms with van der Waals surface area (Å²) in [5.41, 5.74) is 5.61. The first-order valence-corrected chi connectivity index (χ1v) is 12.3. The fourth-order valence-corrected chi connectivity index (χ4v) is 4.39. The zero-order valence-electron chi connectivity index (χ0n) is 19.5. The molecule has 35 heavy (non-hydrogen) atoms. The number of carboxylic acids is 2.